The second-order valence-electron chi connectivity index (χ2n) is 4.20. The smallest absolute Gasteiger partial charge is 0.151 e. The van der Waals surface area contributed by atoms with Crippen molar-refractivity contribution in [3.05, 3.63) is 72.5 Å². The van der Waals surface area contributed by atoms with Crippen LogP contribution in [0.1, 0.15) is 17.2 Å². The maximum Gasteiger partial charge on any atom is 0.151 e. The van der Waals surface area contributed by atoms with Gasteiger partial charge in [0.2, 0.25) is 0 Å². The minimum absolute atomic E-state index is 0.255. The van der Waals surface area contributed by atoms with Gasteiger partial charge in [0, 0.05) is 11.6 Å². The first kappa shape index (κ1) is 14.0. The van der Waals surface area contributed by atoms with E-state index in [1.54, 1.807) is 14.2 Å². The lowest BCUT2D eigenvalue weighted by Crippen LogP contribution is -2.05. The van der Waals surface area contributed by atoms with Crippen LogP contribution in [0.3, 0.4) is 0 Å². The van der Waals surface area contributed by atoms with Crippen LogP contribution in [-0.2, 0) is 4.74 Å². The Kier molecular flexibility index (Phi) is 4.66. The lowest BCUT2D eigenvalue weighted by atomic mass is 10.0. The number of methoxy groups -OCH3 is 2. The number of hydrogen-bond donors (Lipinski definition) is 0. The summed E-state index contributed by atoms with van der Waals surface area (Å²) in [6.07, 6.45) is 1.19. The average Bonchev–Trinajstić information content (AvgIpc) is 2.53. The lowest BCUT2D eigenvalue weighted by molar-refractivity contribution is 0.180. The Balaban J connectivity index is 2.46. The quantitative estimate of drug-likeness (QED) is 0.744. The highest BCUT2D eigenvalue weighted by Gasteiger charge is 2.19. The molecule has 2 aromatic carbocycles. The Hall–Kier alpha value is -2.42. The van der Waals surface area contributed by atoms with Crippen molar-refractivity contribution in [2.75, 3.05) is 14.2 Å². The van der Waals surface area contributed by atoms with Gasteiger partial charge in [0.25, 0.3) is 0 Å². The van der Waals surface area contributed by atoms with Gasteiger partial charge in [-0.15, -0.1) is 0 Å². The molecule has 2 rings (SSSR count). The average molecular weight is 270 g/mol. The van der Waals surface area contributed by atoms with E-state index in [9.17, 15) is 0 Å². The highest BCUT2D eigenvalue weighted by Crippen LogP contribution is 2.35. The van der Waals surface area contributed by atoms with Gasteiger partial charge in [0.15, 0.2) is 6.10 Å². The van der Waals surface area contributed by atoms with Gasteiger partial charge in [-0.05, 0) is 17.7 Å². The molecule has 0 unspecified atom stereocenters. The number of ether oxygens (including phenoxy) is 3. The van der Waals surface area contributed by atoms with Crippen LogP contribution in [0.4, 0.5) is 0 Å². The molecule has 0 amide bonds. The molecule has 0 aliphatic heterocycles. The molecule has 20 heavy (non-hydrogen) atoms. The molecule has 2 aromatic rings. The van der Waals surface area contributed by atoms with Crippen LogP contribution in [0.5, 0.6) is 11.5 Å². The van der Waals surface area contributed by atoms with Gasteiger partial charge in [-0.2, -0.15) is 0 Å². The second kappa shape index (κ2) is 6.66. The molecule has 0 aliphatic carbocycles. The summed E-state index contributed by atoms with van der Waals surface area (Å²) in [7, 11) is 3.26. The monoisotopic (exact) mass is 270 g/mol. The maximum atomic E-state index is 5.67. The summed E-state index contributed by atoms with van der Waals surface area (Å²) in [5.41, 5.74) is 1.97. The van der Waals surface area contributed by atoms with E-state index < -0.39 is 0 Å². The van der Waals surface area contributed by atoms with Crippen LogP contribution in [0.25, 0.3) is 0 Å². The molecule has 0 bridgehead atoms. The predicted molar refractivity (Wildman–Crippen MR) is 79.1 cm³/mol. The van der Waals surface area contributed by atoms with E-state index in [1.807, 2.05) is 48.5 Å². The molecule has 3 nitrogen and oxygen atoms in total. The Morgan fingerprint density at radius 2 is 1.75 bits per heavy atom. The van der Waals surface area contributed by atoms with Crippen molar-refractivity contribution < 1.29 is 14.2 Å². The molecule has 0 radical (unpaired) electrons. The zero-order valence-electron chi connectivity index (χ0n) is 11.7. The Bertz CT molecular complexity index is 564. The molecule has 0 spiro atoms. The molecule has 104 valence electrons. The predicted octanol–water partition coefficient (Wildman–Crippen LogP) is 3.95. The molecule has 0 N–H and O–H groups in total. The maximum absolute atomic E-state index is 5.67. The van der Waals surface area contributed by atoms with Crippen molar-refractivity contribution in [1.29, 1.82) is 0 Å². The Labute approximate surface area is 119 Å². The van der Waals surface area contributed by atoms with E-state index in [4.69, 9.17) is 14.2 Å². The van der Waals surface area contributed by atoms with Crippen LogP contribution in [0.15, 0.2) is 61.4 Å². The highest BCUT2D eigenvalue weighted by molar-refractivity contribution is 5.45. The first-order valence-electron chi connectivity index (χ1n) is 6.33. The summed E-state index contributed by atoms with van der Waals surface area (Å²) in [6, 6.07) is 15.6. The van der Waals surface area contributed by atoms with Gasteiger partial charge in [-0.1, -0.05) is 36.9 Å². The van der Waals surface area contributed by atoms with E-state index in [0.29, 0.717) is 0 Å². The Morgan fingerprint density at radius 1 is 1.00 bits per heavy atom. The van der Waals surface area contributed by atoms with Gasteiger partial charge >= 0.3 is 0 Å². The molecule has 0 aromatic heterocycles. The molecule has 0 heterocycles. The van der Waals surface area contributed by atoms with Crippen molar-refractivity contribution in [3.63, 3.8) is 0 Å². The van der Waals surface area contributed by atoms with E-state index in [-0.39, 0.29) is 6.10 Å². The van der Waals surface area contributed by atoms with Gasteiger partial charge in [0.05, 0.1) is 20.5 Å². The third-order valence-electron chi connectivity index (χ3n) is 3.06. The molecular weight excluding hydrogens is 252 g/mol. The number of benzene rings is 2. The summed E-state index contributed by atoms with van der Waals surface area (Å²) >= 11 is 0. The van der Waals surface area contributed by atoms with Gasteiger partial charge in [-0.3, -0.25) is 0 Å². The van der Waals surface area contributed by atoms with Crippen LogP contribution < -0.4 is 9.47 Å². The molecule has 1 atom stereocenters. The molecular formula is C17H18O3. The van der Waals surface area contributed by atoms with Crippen molar-refractivity contribution in [2.45, 2.75) is 6.10 Å². The van der Waals surface area contributed by atoms with Gasteiger partial charge in [0.1, 0.15) is 11.5 Å². The highest BCUT2D eigenvalue weighted by atomic mass is 16.5. The Morgan fingerprint density at radius 3 is 2.35 bits per heavy atom. The third kappa shape index (κ3) is 2.94. The summed E-state index contributed by atoms with van der Waals surface area (Å²) in [5, 5.41) is 0. The normalized spacial score (nSPS) is 11.5. The number of hydrogen-bond acceptors (Lipinski definition) is 3. The van der Waals surface area contributed by atoms with E-state index in [0.717, 1.165) is 22.6 Å². The van der Waals surface area contributed by atoms with E-state index in [2.05, 4.69) is 6.58 Å². The van der Waals surface area contributed by atoms with Gasteiger partial charge in [-0.25, -0.2) is 0 Å². The molecule has 3 heteroatoms. The summed E-state index contributed by atoms with van der Waals surface area (Å²) in [5.74, 6) is 1.47. The second-order valence-corrected chi connectivity index (χ2v) is 4.20. The zero-order valence-corrected chi connectivity index (χ0v) is 11.7. The molecule has 0 saturated carbocycles. The lowest BCUT2D eigenvalue weighted by Gasteiger charge is -2.20. The van der Waals surface area contributed by atoms with Crippen molar-refractivity contribution >= 4 is 0 Å². The summed E-state index contributed by atoms with van der Waals surface area (Å²) in [4.78, 5) is 0. The first-order valence-corrected chi connectivity index (χ1v) is 6.33. The van der Waals surface area contributed by atoms with Crippen LogP contribution >= 0.6 is 0 Å². The molecule has 0 saturated heterocycles. The van der Waals surface area contributed by atoms with Crippen molar-refractivity contribution in [3.8, 4) is 11.5 Å². The number of rotatable bonds is 6. The fourth-order valence-corrected chi connectivity index (χ4v) is 2.09. The van der Waals surface area contributed by atoms with Crippen LogP contribution in [0, 0.1) is 0 Å². The first-order chi connectivity index (χ1) is 9.80. The van der Waals surface area contributed by atoms with E-state index >= 15 is 0 Å². The largest absolute Gasteiger partial charge is 0.497 e. The summed E-state index contributed by atoms with van der Waals surface area (Å²) in [6.45, 7) is 3.65. The minimum Gasteiger partial charge on any atom is -0.497 e. The third-order valence-corrected chi connectivity index (χ3v) is 3.06. The fraction of sp³-hybridized carbons (Fsp3) is 0.176. The topological polar surface area (TPSA) is 27.7 Å². The zero-order chi connectivity index (χ0) is 14.4. The van der Waals surface area contributed by atoms with Gasteiger partial charge < -0.3 is 14.2 Å². The summed E-state index contributed by atoms with van der Waals surface area (Å²) < 4.78 is 16.3. The van der Waals surface area contributed by atoms with Crippen LogP contribution in [0.2, 0.25) is 0 Å². The minimum atomic E-state index is -0.255. The molecule has 0 fully saturated rings. The van der Waals surface area contributed by atoms with Crippen molar-refractivity contribution in [1.82, 2.24) is 0 Å². The van der Waals surface area contributed by atoms with Crippen LogP contribution in [-0.4, -0.2) is 14.2 Å². The van der Waals surface area contributed by atoms with E-state index in [1.165, 1.54) is 6.26 Å². The van der Waals surface area contributed by atoms with Crippen molar-refractivity contribution in [2.24, 2.45) is 0 Å². The molecule has 0 aliphatic rings. The fourth-order valence-electron chi connectivity index (χ4n) is 2.09. The SMILES string of the molecule is C=CO[C@@H](c1ccccc1)c1ccc(OC)cc1OC. The standard InChI is InChI=1S/C17H18O3/c1-4-20-17(13-8-6-5-7-9-13)15-11-10-14(18-2)12-16(15)19-3/h4-12,17H,1H2,2-3H3/t17-/m0/s1.